The first-order valence-electron chi connectivity index (χ1n) is 8.48. The van der Waals surface area contributed by atoms with Gasteiger partial charge in [0.1, 0.15) is 17.2 Å². The Balaban J connectivity index is 2.13. The van der Waals surface area contributed by atoms with Gasteiger partial charge in [0.05, 0.1) is 18.1 Å². The van der Waals surface area contributed by atoms with Crippen LogP contribution in [-0.2, 0) is 10.2 Å². The quantitative estimate of drug-likeness (QED) is 0.605. The van der Waals surface area contributed by atoms with Gasteiger partial charge in [-0.2, -0.15) is 0 Å². The zero-order chi connectivity index (χ0) is 20.2. The number of hydrogen-bond donors (Lipinski definition) is 1. The number of ether oxygens (including phenoxy) is 2. The molecule has 0 saturated heterocycles. The molecule has 0 heterocycles. The lowest BCUT2D eigenvalue weighted by molar-refractivity contribution is -0.384. The summed E-state index contributed by atoms with van der Waals surface area (Å²) < 4.78 is 10.7. The van der Waals surface area contributed by atoms with Gasteiger partial charge in [0.15, 0.2) is 6.61 Å². The fraction of sp³-hybridized carbons (Fsp3) is 0.350. The molecule has 0 radical (unpaired) electrons. The number of rotatable bonds is 6. The van der Waals surface area contributed by atoms with Crippen LogP contribution >= 0.6 is 0 Å². The number of carbonyl (C=O) groups is 1. The van der Waals surface area contributed by atoms with Crippen LogP contribution < -0.4 is 14.8 Å². The van der Waals surface area contributed by atoms with Gasteiger partial charge in [-0.25, -0.2) is 0 Å². The zero-order valence-electron chi connectivity index (χ0n) is 16.2. The van der Waals surface area contributed by atoms with Crippen LogP contribution in [-0.4, -0.2) is 24.5 Å². The molecular weight excluding hydrogens is 348 g/mol. The highest BCUT2D eigenvalue weighted by Gasteiger charge is 2.21. The zero-order valence-corrected chi connectivity index (χ0v) is 16.2. The summed E-state index contributed by atoms with van der Waals surface area (Å²) in [6, 6.07) is 10.0. The maximum atomic E-state index is 12.3. The third kappa shape index (κ3) is 5.20. The lowest BCUT2D eigenvalue weighted by Crippen LogP contribution is -2.22. The van der Waals surface area contributed by atoms with E-state index in [2.05, 4.69) is 26.1 Å². The number of carbonyl (C=O) groups excluding carboxylic acids is 1. The number of nitro groups is 1. The highest BCUT2D eigenvalue weighted by Crippen LogP contribution is 2.32. The molecule has 0 aliphatic rings. The Hall–Kier alpha value is -3.09. The van der Waals surface area contributed by atoms with Crippen molar-refractivity contribution in [2.24, 2.45) is 0 Å². The van der Waals surface area contributed by atoms with Gasteiger partial charge < -0.3 is 14.8 Å². The molecule has 7 nitrogen and oxygen atoms in total. The van der Waals surface area contributed by atoms with E-state index in [1.165, 1.54) is 19.2 Å². The third-order valence-corrected chi connectivity index (χ3v) is 3.98. The molecule has 144 valence electrons. The molecule has 0 spiro atoms. The van der Waals surface area contributed by atoms with Crippen molar-refractivity contribution in [1.29, 1.82) is 0 Å². The molecule has 0 saturated carbocycles. The Morgan fingerprint density at radius 2 is 1.89 bits per heavy atom. The van der Waals surface area contributed by atoms with Gasteiger partial charge in [-0.3, -0.25) is 14.9 Å². The molecule has 1 N–H and O–H groups in total. The van der Waals surface area contributed by atoms with Crippen molar-refractivity contribution in [2.75, 3.05) is 19.0 Å². The van der Waals surface area contributed by atoms with Gasteiger partial charge in [0.25, 0.3) is 11.6 Å². The molecule has 0 aliphatic heterocycles. The van der Waals surface area contributed by atoms with Crippen molar-refractivity contribution in [3.63, 3.8) is 0 Å². The molecule has 0 aliphatic carbocycles. The first-order chi connectivity index (χ1) is 12.6. The molecule has 0 fully saturated rings. The van der Waals surface area contributed by atoms with Crippen LogP contribution in [0.5, 0.6) is 11.5 Å². The van der Waals surface area contributed by atoms with E-state index in [9.17, 15) is 14.9 Å². The summed E-state index contributed by atoms with van der Waals surface area (Å²) >= 11 is 0. The maximum Gasteiger partial charge on any atom is 0.296 e. The van der Waals surface area contributed by atoms with E-state index in [4.69, 9.17) is 9.47 Å². The monoisotopic (exact) mass is 372 g/mol. The minimum atomic E-state index is -0.573. The van der Waals surface area contributed by atoms with Crippen molar-refractivity contribution < 1.29 is 19.2 Å². The van der Waals surface area contributed by atoms with E-state index in [-0.39, 0.29) is 23.4 Å². The number of nitro benzene ring substituents is 1. The number of methoxy groups -OCH3 is 1. The second kappa shape index (κ2) is 8.07. The molecule has 2 aromatic carbocycles. The van der Waals surface area contributed by atoms with Crippen LogP contribution in [0.15, 0.2) is 36.4 Å². The van der Waals surface area contributed by atoms with E-state index in [0.717, 1.165) is 11.1 Å². The Labute approximate surface area is 158 Å². The van der Waals surface area contributed by atoms with Crippen LogP contribution in [0.4, 0.5) is 11.4 Å². The number of nitrogens with one attached hydrogen (secondary N) is 1. The number of anilines is 1. The molecular formula is C20H24N2O5. The van der Waals surface area contributed by atoms with E-state index in [1.807, 2.05) is 25.1 Å². The van der Waals surface area contributed by atoms with Gasteiger partial charge in [0, 0.05) is 0 Å². The average Bonchev–Trinajstić information content (AvgIpc) is 2.60. The number of amides is 1. The molecule has 2 aromatic rings. The average molecular weight is 372 g/mol. The minimum absolute atomic E-state index is 0.0920. The first kappa shape index (κ1) is 20.2. The summed E-state index contributed by atoms with van der Waals surface area (Å²) in [5.41, 5.74) is 1.80. The standard InChI is InChI=1S/C20H24N2O5/c1-13-6-9-18(15(10-13)20(2,3)4)27-12-19(23)21-16-8-7-14(26-5)11-17(16)22(24)25/h6-11H,12H2,1-5H3,(H,21,23). The summed E-state index contributed by atoms with van der Waals surface area (Å²) in [7, 11) is 1.42. The molecule has 0 unspecified atom stereocenters. The lowest BCUT2D eigenvalue weighted by Gasteiger charge is -2.23. The fourth-order valence-corrected chi connectivity index (χ4v) is 2.58. The summed E-state index contributed by atoms with van der Waals surface area (Å²) in [5, 5.41) is 13.7. The largest absolute Gasteiger partial charge is 0.496 e. The molecule has 7 heteroatoms. The van der Waals surface area contributed by atoms with E-state index in [1.54, 1.807) is 6.07 Å². The van der Waals surface area contributed by atoms with Gasteiger partial charge in [-0.15, -0.1) is 0 Å². The number of hydrogen-bond acceptors (Lipinski definition) is 5. The third-order valence-electron chi connectivity index (χ3n) is 3.98. The predicted molar refractivity (Wildman–Crippen MR) is 104 cm³/mol. The second-order valence-corrected chi connectivity index (χ2v) is 7.23. The summed E-state index contributed by atoms with van der Waals surface area (Å²) in [6.45, 7) is 7.93. The van der Waals surface area contributed by atoms with Crippen molar-refractivity contribution in [3.05, 3.63) is 57.6 Å². The van der Waals surface area contributed by atoms with Gasteiger partial charge in [-0.1, -0.05) is 38.5 Å². The van der Waals surface area contributed by atoms with E-state index in [0.29, 0.717) is 11.5 Å². The normalized spacial score (nSPS) is 11.0. The summed E-state index contributed by atoms with van der Waals surface area (Å²) in [4.78, 5) is 22.9. The Morgan fingerprint density at radius 3 is 2.48 bits per heavy atom. The first-order valence-corrected chi connectivity index (χ1v) is 8.48. The molecule has 0 atom stereocenters. The molecule has 0 aromatic heterocycles. The van der Waals surface area contributed by atoms with Gasteiger partial charge >= 0.3 is 0 Å². The Bertz CT molecular complexity index is 856. The minimum Gasteiger partial charge on any atom is -0.496 e. The number of aryl methyl sites for hydroxylation is 1. The second-order valence-electron chi connectivity index (χ2n) is 7.23. The van der Waals surface area contributed by atoms with Crippen molar-refractivity contribution in [2.45, 2.75) is 33.1 Å². The van der Waals surface area contributed by atoms with Crippen LogP contribution in [0, 0.1) is 17.0 Å². The van der Waals surface area contributed by atoms with Crippen molar-refractivity contribution >= 4 is 17.3 Å². The highest BCUT2D eigenvalue weighted by atomic mass is 16.6. The SMILES string of the molecule is COc1ccc(NC(=O)COc2ccc(C)cc2C(C)(C)C)c([N+](=O)[O-])c1. The number of benzene rings is 2. The molecule has 1 amide bonds. The van der Waals surface area contributed by atoms with Gasteiger partial charge in [0.2, 0.25) is 0 Å². The Morgan fingerprint density at radius 1 is 1.19 bits per heavy atom. The van der Waals surface area contributed by atoms with Crippen LogP contribution in [0.1, 0.15) is 31.9 Å². The lowest BCUT2D eigenvalue weighted by atomic mass is 9.85. The van der Waals surface area contributed by atoms with E-state index < -0.39 is 10.8 Å². The predicted octanol–water partition coefficient (Wildman–Crippen LogP) is 4.23. The fourth-order valence-electron chi connectivity index (χ4n) is 2.58. The van der Waals surface area contributed by atoms with Gasteiger partial charge in [-0.05, 0) is 36.1 Å². The van der Waals surface area contributed by atoms with Crippen LogP contribution in [0.25, 0.3) is 0 Å². The smallest absolute Gasteiger partial charge is 0.296 e. The highest BCUT2D eigenvalue weighted by molar-refractivity contribution is 5.94. The van der Waals surface area contributed by atoms with Crippen molar-refractivity contribution in [1.82, 2.24) is 0 Å². The van der Waals surface area contributed by atoms with Crippen LogP contribution in [0.2, 0.25) is 0 Å². The Kier molecular flexibility index (Phi) is 6.05. The molecule has 27 heavy (non-hydrogen) atoms. The molecule has 2 rings (SSSR count). The van der Waals surface area contributed by atoms with Crippen LogP contribution in [0.3, 0.4) is 0 Å². The number of nitrogens with zero attached hydrogens (tertiary/aromatic N) is 1. The maximum absolute atomic E-state index is 12.3. The summed E-state index contributed by atoms with van der Waals surface area (Å²) in [6.07, 6.45) is 0. The topological polar surface area (TPSA) is 90.7 Å². The molecule has 0 bridgehead atoms. The van der Waals surface area contributed by atoms with Crippen molar-refractivity contribution in [3.8, 4) is 11.5 Å². The van der Waals surface area contributed by atoms with E-state index >= 15 is 0 Å². The summed E-state index contributed by atoms with van der Waals surface area (Å²) in [5.74, 6) is 0.474.